The van der Waals surface area contributed by atoms with Crippen molar-refractivity contribution in [3.63, 3.8) is 0 Å². The lowest BCUT2D eigenvalue weighted by molar-refractivity contribution is 0.0601. The fourth-order valence-electron chi connectivity index (χ4n) is 4.53. The van der Waals surface area contributed by atoms with Crippen molar-refractivity contribution < 1.29 is 23.4 Å². The summed E-state index contributed by atoms with van der Waals surface area (Å²) in [4.78, 5) is 18.9. The zero-order valence-electron chi connectivity index (χ0n) is 20.5. The maximum absolute atomic E-state index is 12.4. The molecular weight excluding hydrogens is 490 g/mol. The highest BCUT2D eigenvalue weighted by Gasteiger charge is 2.43. The van der Waals surface area contributed by atoms with Gasteiger partial charge in [-0.25, -0.2) is 4.79 Å². The first-order chi connectivity index (χ1) is 18.0. The summed E-state index contributed by atoms with van der Waals surface area (Å²) in [6, 6.07) is 21.5. The molecule has 1 aliphatic rings. The molecular formula is C28H25N3O5S. The lowest BCUT2D eigenvalue weighted by Crippen LogP contribution is -2.29. The Bertz CT molecular complexity index is 1440. The van der Waals surface area contributed by atoms with Crippen LogP contribution >= 0.6 is 12.2 Å². The second kappa shape index (κ2) is 10.3. The SMILES string of the molecule is COC(=O)c1ccccc1-c1ccc([C@H]2[C@@H](c3ccccn3)NC(=S)N2c2ccc(OC)cc2OC)o1. The van der Waals surface area contributed by atoms with E-state index >= 15 is 0 Å². The van der Waals surface area contributed by atoms with E-state index in [1.54, 1.807) is 32.5 Å². The summed E-state index contributed by atoms with van der Waals surface area (Å²) in [6.07, 6.45) is 1.74. The molecule has 2 aromatic carbocycles. The number of anilines is 1. The Kier molecular flexibility index (Phi) is 6.78. The molecule has 1 N–H and O–H groups in total. The highest BCUT2D eigenvalue weighted by atomic mass is 32.1. The van der Waals surface area contributed by atoms with Crippen molar-refractivity contribution in [1.29, 1.82) is 0 Å². The molecule has 37 heavy (non-hydrogen) atoms. The van der Waals surface area contributed by atoms with Crippen LogP contribution in [0.1, 0.15) is 33.9 Å². The predicted octanol–water partition coefficient (Wildman–Crippen LogP) is 5.32. The molecule has 3 heterocycles. The fourth-order valence-corrected chi connectivity index (χ4v) is 4.87. The Balaban J connectivity index is 1.63. The predicted molar refractivity (Wildman–Crippen MR) is 143 cm³/mol. The van der Waals surface area contributed by atoms with Crippen molar-refractivity contribution in [3.8, 4) is 22.8 Å². The lowest BCUT2D eigenvalue weighted by Gasteiger charge is -2.27. The molecule has 0 radical (unpaired) electrons. The van der Waals surface area contributed by atoms with Gasteiger partial charge >= 0.3 is 5.97 Å². The Morgan fingerprint density at radius 3 is 2.54 bits per heavy atom. The summed E-state index contributed by atoms with van der Waals surface area (Å²) in [5.41, 5.74) is 2.60. The van der Waals surface area contributed by atoms with Crippen LogP contribution < -0.4 is 19.7 Å². The molecule has 0 aliphatic carbocycles. The van der Waals surface area contributed by atoms with Gasteiger partial charge in [0.1, 0.15) is 29.1 Å². The average Bonchev–Trinajstić information content (AvgIpc) is 3.57. The summed E-state index contributed by atoms with van der Waals surface area (Å²) in [5.74, 6) is 1.99. The van der Waals surface area contributed by atoms with Gasteiger partial charge in [0.25, 0.3) is 0 Å². The van der Waals surface area contributed by atoms with Gasteiger partial charge in [-0.1, -0.05) is 24.3 Å². The van der Waals surface area contributed by atoms with Crippen molar-refractivity contribution in [2.24, 2.45) is 0 Å². The van der Waals surface area contributed by atoms with Crippen molar-refractivity contribution in [3.05, 3.63) is 96.0 Å². The van der Waals surface area contributed by atoms with Crippen LogP contribution in [0, 0.1) is 0 Å². The first-order valence-electron chi connectivity index (χ1n) is 11.6. The van der Waals surface area contributed by atoms with E-state index in [2.05, 4.69) is 10.3 Å². The molecule has 0 saturated carbocycles. The minimum Gasteiger partial charge on any atom is -0.497 e. The Morgan fingerprint density at radius 1 is 1.00 bits per heavy atom. The fraction of sp³-hybridized carbons (Fsp3) is 0.179. The van der Waals surface area contributed by atoms with Gasteiger partial charge in [0.05, 0.1) is 44.3 Å². The van der Waals surface area contributed by atoms with Gasteiger partial charge in [-0.2, -0.15) is 0 Å². The molecule has 0 amide bonds. The molecule has 1 fully saturated rings. The number of pyridine rings is 1. The second-order valence-corrected chi connectivity index (χ2v) is 8.66. The minimum absolute atomic E-state index is 0.310. The maximum atomic E-state index is 12.4. The standard InChI is InChI=1S/C28H25N3O5S/c1-33-17-11-12-21(24(16-17)34-2)31-26(25(30-28(31)37)20-10-6-7-15-29-20)23-14-13-22(36-23)18-8-4-5-9-19(18)27(32)35-3/h4-16,25-26H,1-3H3,(H,30,37)/t25-,26+/m1/s1. The molecule has 2 aromatic heterocycles. The molecule has 8 nitrogen and oxygen atoms in total. The van der Waals surface area contributed by atoms with E-state index in [4.69, 9.17) is 30.8 Å². The van der Waals surface area contributed by atoms with Crippen LogP contribution in [0.4, 0.5) is 5.69 Å². The summed E-state index contributed by atoms with van der Waals surface area (Å²) in [5, 5.41) is 3.91. The molecule has 9 heteroatoms. The highest BCUT2D eigenvalue weighted by molar-refractivity contribution is 7.80. The number of ether oxygens (including phenoxy) is 3. The van der Waals surface area contributed by atoms with Crippen LogP contribution in [0.15, 0.2) is 83.4 Å². The van der Waals surface area contributed by atoms with Crippen LogP contribution in [0.2, 0.25) is 0 Å². The molecule has 188 valence electrons. The largest absolute Gasteiger partial charge is 0.497 e. The molecule has 2 atom stereocenters. The monoisotopic (exact) mass is 515 g/mol. The van der Waals surface area contributed by atoms with E-state index in [0.717, 1.165) is 11.4 Å². The van der Waals surface area contributed by atoms with Gasteiger partial charge in [-0.05, 0) is 54.7 Å². The second-order valence-electron chi connectivity index (χ2n) is 8.27. The van der Waals surface area contributed by atoms with E-state index in [1.165, 1.54) is 7.11 Å². The normalized spacial score (nSPS) is 16.8. The van der Waals surface area contributed by atoms with E-state index in [1.807, 2.05) is 65.6 Å². The number of nitrogens with zero attached hydrogens (tertiary/aromatic N) is 2. The number of furan rings is 1. The third kappa shape index (κ3) is 4.49. The quantitative estimate of drug-likeness (QED) is 0.259. The van der Waals surface area contributed by atoms with E-state index in [0.29, 0.717) is 39.3 Å². The number of carbonyl (C=O) groups is 1. The van der Waals surface area contributed by atoms with Crippen LogP contribution in [0.3, 0.4) is 0 Å². The first-order valence-corrected chi connectivity index (χ1v) is 12.0. The van der Waals surface area contributed by atoms with Gasteiger partial charge in [-0.3, -0.25) is 4.98 Å². The van der Waals surface area contributed by atoms with Crippen molar-refractivity contribution in [1.82, 2.24) is 10.3 Å². The van der Waals surface area contributed by atoms with E-state index < -0.39 is 12.0 Å². The molecule has 4 aromatic rings. The average molecular weight is 516 g/mol. The summed E-state index contributed by atoms with van der Waals surface area (Å²) < 4.78 is 22.5. The molecule has 0 unspecified atom stereocenters. The van der Waals surface area contributed by atoms with Gasteiger partial charge in [-0.15, -0.1) is 0 Å². The number of methoxy groups -OCH3 is 3. The van der Waals surface area contributed by atoms with Crippen LogP contribution in [0.5, 0.6) is 11.5 Å². The molecule has 0 bridgehead atoms. The van der Waals surface area contributed by atoms with Gasteiger partial charge < -0.3 is 28.8 Å². The van der Waals surface area contributed by atoms with E-state index in [-0.39, 0.29) is 6.04 Å². The number of carbonyl (C=O) groups excluding carboxylic acids is 1. The molecule has 1 aliphatic heterocycles. The number of rotatable bonds is 7. The Morgan fingerprint density at radius 2 is 1.81 bits per heavy atom. The number of hydrogen-bond donors (Lipinski definition) is 1. The van der Waals surface area contributed by atoms with Crippen LogP contribution in [0.25, 0.3) is 11.3 Å². The number of thiocarbonyl (C=S) groups is 1. The van der Waals surface area contributed by atoms with Crippen LogP contribution in [-0.4, -0.2) is 37.4 Å². The zero-order chi connectivity index (χ0) is 25.9. The first kappa shape index (κ1) is 24.3. The maximum Gasteiger partial charge on any atom is 0.338 e. The highest BCUT2D eigenvalue weighted by Crippen LogP contribution is 2.46. The number of benzene rings is 2. The molecule has 5 rings (SSSR count). The topological polar surface area (TPSA) is 86.1 Å². The zero-order valence-corrected chi connectivity index (χ0v) is 21.3. The van der Waals surface area contributed by atoms with Crippen molar-refractivity contribution >= 4 is 29.0 Å². The number of aromatic nitrogens is 1. The van der Waals surface area contributed by atoms with Crippen LogP contribution in [-0.2, 0) is 4.74 Å². The third-order valence-electron chi connectivity index (χ3n) is 6.26. The van der Waals surface area contributed by atoms with Crippen molar-refractivity contribution in [2.75, 3.05) is 26.2 Å². The molecule has 1 saturated heterocycles. The summed E-state index contributed by atoms with van der Waals surface area (Å²) in [7, 11) is 4.56. The summed E-state index contributed by atoms with van der Waals surface area (Å²) >= 11 is 5.81. The Hall–Kier alpha value is -4.37. The summed E-state index contributed by atoms with van der Waals surface area (Å²) in [6.45, 7) is 0. The number of nitrogens with one attached hydrogen (secondary N) is 1. The van der Waals surface area contributed by atoms with Gasteiger partial charge in [0.2, 0.25) is 0 Å². The smallest absolute Gasteiger partial charge is 0.338 e. The Labute approximate surface area is 219 Å². The van der Waals surface area contributed by atoms with Gasteiger partial charge in [0, 0.05) is 17.8 Å². The molecule has 0 spiro atoms. The van der Waals surface area contributed by atoms with E-state index in [9.17, 15) is 4.79 Å². The van der Waals surface area contributed by atoms with Crippen molar-refractivity contribution in [2.45, 2.75) is 12.1 Å². The third-order valence-corrected chi connectivity index (χ3v) is 6.58. The lowest BCUT2D eigenvalue weighted by atomic mass is 10.0. The van der Waals surface area contributed by atoms with Gasteiger partial charge in [0.15, 0.2) is 5.11 Å². The number of esters is 1. The minimum atomic E-state index is -0.437. The number of hydrogen-bond acceptors (Lipinski definition) is 7.